The molecule has 0 bridgehead atoms. The fourth-order valence-corrected chi connectivity index (χ4v) is 5.40. The van der Waals surface area contributed by atoms with Gasteiger partial charge in [-0.15, -0.1) is 0 Å². The third-order valence-corrected chi connectivity index (χ3v) is 7.29. The van der Waals surface area contributed by atoms with Crippen molar-refractivity contribution in [1.82, 2.24) is 10.2 Å². The van der Waals surface area contributed by atoms with Crippen LogP contribution in [0.4, 0.5) is 19.7 Å². The Hall–Kier alpha value is -3.66. The smallest absolute Gasteiger partial charge is 0.414 e. The number of halogens is 1. The van der Waals surface area contributed by atoms with Crippen LogP contribution in [0, 0.1) is 17.7 Å². The summed E-state index contributed by atoms with van der Waals surface area (Å²) < 4.78 is 31.2. The average molecular weight is 540 g/mol. The average Bonchev–Trinajstić information content (AvgIpc) is 3.19. The number of nitrogens with zero attached hydrogens (tertiary/aromatic N) is 2. The normalized spacial score (nSPS) is 23.8. The SMILES string of the molecule is CC(C)(C)NC(=O)OC[C@@H]1CN(c2ccc(C3[C@H]4CN(C(=O)COCc5ccccc5)C[C@@H]34)c(F)c2)C(=O)O1. The number of anilines is 1. The molecule has 0 aromatic heterocycles. The fraction of sp³-hybridized carbons (Fsp3) is 0.483. The highest BCUT2D eigenvalue weighted by Crippen LogP contribution is 2.58. The van der Waals surface area contributed by atoms with Crippen LogP contribution < -0.4 is 10.2 Å². The summed E-state index contributed by atoms with van der Waals surface area (Å²) in [6, 6.07) is 14.5. The number of benzene rings is 2. The van der Waals surface area contributed by atoms with E-state index in [1.807, 2.05) is 51.1 Å². The number of hydrogen-bond donors (Lipinski definition) is 1. The molecule has 9 nitrogen and oxygen atoms in total. The van der Waals surface area contributed by atoms with Crippen molar-refractivity contribution >= 4 is 23.8 Å². The minimum atomic E-state index is -0.645. The predicted octanol–water partition coefficient (Wildman–Crippen LogP) is 4.06. The van der Waals surface area contributed by atoms with Crippen molar-refractivity contribution in [3.05, 3.63) is 65.5 Å². The Morgan fingerprint density at radius 1 is 1.08 bits per heavy atom. The van der Waals surface area contributed by atoms with Gasteiger partial charge in [-0.05, 0) is 61.8 Å². The Bertz CT molecular complexity index is 1220. The van der Waals surface area contributed by atoms with Crippen LogP contribution in [-0.2, 0) is 25.6 Å². The van der Waals surface area contributed by atoms with E-state index in [1.165, 1.54) is 11.0 Å². The van der Waals surface area contributed by atoms with Gasteiger partial charge in [0.05, 0.1) is 18.8 Å². The molecule has 4 atom stereocenters. The molecule has 2 aromatic carbocycles. The molecule has 39 heavy (non-hydrogen) atoms. The van der Waals surface area contributed by atoms with E-state index in [4.69, 9.17) is 14.2 Å². The number of cyclic esters (lactones) is 1. The first-order chi connectivity index (χ1) is 18.6. The van der Waals surface area contributed by atoms with Crippen LogP contribution in [0.25, 0.3) is 0 Å². The molecule has 3 fully saturated rings. The van der Waals surface area contributed by atoms with Gasteiger partial charge in [0.1, 0.15) is 19.0 Å². The first-order valence-corrected chi connectivity index (χ1v) is 13.2. The lowest BCUT2D eigenvalue weighted by atomic mass is 10.0. The number of nitrogens with one attached hydrogen (secondary N) is 1. The van der Waals surface area contributed by atoms with Crippen molar-refractivity contribution in [2.45, 2.75) is 44.9 Å². The Balaban J connectivity index is 1.09. The van der Waals surface area contributed by atoms with Crippen LogP contribution in [0.5, 0.6) is 0 Å². The molecular weight excluding hydrogens is 505 g/mol. The molecule has 1 saturated carbocycles. The summed E-state index contributed by atoms with van der Waals surface area (Å²) >= 11 is 0. The molecule has 5 rings (SSSR count). The maximum atomic E-state index is 15.2. The van der Waals surface area contributed by atoms with Gasteiger partial charge in [-0.2, -0.15) is 0 Å². The van der Waals surface area contributed by atoms with Gasteiger partial charge < -0.3 is 24.4 Å². The van der Waals surface area contributed by atoms with E-state index in [2.05, 4.69) is 5.32 Å². The number of ether oxygens (including phenoxy) is 3. The lowest BCUT2D eigenvalue weighted by Crippen LogP contribution is -2.42. The first kappa shape index (κ1) is 26.9. The zero-order valence-electron chi connectivity index (χ0n) is 22.4. The van der Waals surface area contributed by atoms with Crippen LogP contribution in [0.1, 0.15) is 37.8 Å². The molecule has 2 heterocycles. The first-order valence-electron chi connectivity index (χ1n) is 13.2. The Labute approximate surface area is 227 Å². The number of fused-ring (bicyclic) bond motifs is 1. The summed E-state index contributed by atoms with van der Waals surface area (Å²) in [5.41, 5.74) is 1.57. The molecule has 208 valence electrons. The number of hydrogen-bond acceptors (Lipinski definition) is 6. The molecule has 1 unspecified atom stereocenters. The minimum absolute atomic E-state index is 0.0291. The van der Waals surface area contributed by atoms with E-state index >= 15 is 4.39 Å². The summed E-state index contributed by atoms with van der Waals surface area (Å²) in [5, 5.41) is 2.68. The molecule has 1 N–H and O–H groups in total. The Morgan fingerprint density at radius 2 is 1.79 bits per heavy atom. The van der Waals surface area contributed by atoms with E-state index in [-0.39, 0.29) is 49.2 Å². The standard InChI is InChI=1S/C29H34FN3O6/c1-29(2,3)31-27(35)38-16-20-12-33(28(36)39-20)19-9-10-21(24(30)11-19)26-22-13-32(14-23(22)26)25(34)17-37-15-18-7-5-4-6-8-18/h4-11,20,22-23,26H,12-17H2,1-3H3,(H,31,35)/t20-,22-,23+,26?/m0/s1. The highest BCUT2D eigenvalue weighted by Gasteiger charge is 2.57. The molecule has 0 spiro atoms. The van der Waals surface area contributed by atoms with Crippen LogP contribution in [0.3, 0.4) is 0 Å². The van der Waals surface area contributed by atoms with Gasteiger partial charge in [-0.3, -0.25) is 9.69 Å². The predicted molar refractivity (Wildman–Crippen MR) is 141 cm³/mol. The zero-order valence-corrected chi connectivity index (χ0v) is 22.4. The van der Waals surface area contributed by atoms with Gasteiger partial charge in [-0.25, -0.2) is 14.0 Å². The molecule has 3 aliphatic rings. The van der Waals surface area contributed by atoms with Crippen molar-refractivity contribution < 1.29 is 33.0 Å². The second kappa shape index (κ2) is 10.8. The molecule has 3 amide bonds. The minimum Gasteiger partial charge on any atom is -0.446 e. The summed E-state index contributed by atoms with van der Waals surface area (Å²) in [5.74, 6) is 0.0749. The number of likely N-dealkylation sites (tertiary alicyclic amines) is 1. The van der Waals surface area contributed by atoms with Gasteiger partial charge in [0.15, 0.2) is 6.10 Å². The van der Waals surface area contributed by atoms with Gasteiger partial charge in [0.2, 0.25) is 5.91 Å². The fourth-order valence-electron chi connectivity index (χ4n) is 5.40. The van der Waals surface area contributed by atoms with Crippen molar-refractivity contribution in [2.24, 2.45) is 11.8 Å². The second-order valence-electron chi connectivity index (χ2n) is 11.4. The third-order valence-electron chi connectivity index (χ3n) is 7.29. The van der Waals surface area contributed by atoms with Crippen molar-refractivity contribution in [3.63, 3.8) is 0 Å². The Kier molecular flexibility index (Phi) is 7.48. The number of rotatable bonds is 8. The van der Waals surface area contributed by atoms with E-state index < -0.39 is 23.8 Å². The maximum absolute atomic E-state index is 15.2. The van der Waals surface area contributed by atoms with E-state index in [0.29, 0.717) is 30.9 Å². The van der Waals surface area contributed by atoms with Gasteiger partial charge in [0.25, 0.3) is 0 Å². The van der Waals surface area contributed by atoms with Gasteiger partial charge in [-0.1, -0.05) is 36.4 Å². The van der Waals surface area contributed by atoms with Gasteiger partial charge >= 0.3 is 12.2 Å². The van der Waals surface area contributed by atoms with Crippen LogP contribution in [0.15, 0.2) is 48.5 Å². The molecule has 10 heteroatoms. The van der Waals surface area contributed by atoms with Crippen LogP contribution in [0.2, 0.25) is 0 Å². The maximum Gasteiger partial charge on any atom is 0.414 e. The van der Waals surface area contributed by atoms with Crippen molar-refractivity contribution in [3.8, 4) is 0 Å². The zero-order chi connectivity index (χ0) is 27.7. The quantitative estimate of drug-likeness (QED) is 0.544. The van der Waals surface area contributed by atoms with Crippen molar-refractivity contribution in [1.29, 1.82) is 0 Å². The molecule has 0 radical (unpaired) electrons. The molecular formula is C29H34FN3O6. The van der Waals surface area contributed by atoms with Crippen LogP contribution >= 0.6 is 0 Å². The number of amides is 3. The van der Waals surface area contributed by atoms with E-state index in [1.54, 1.807) is 17.0 Å². The summed E-state index contributed by atoms with van der Waals surface area (Å²) in [4.78, 5) is 40.0. The topological polar surface area (TPSA) is 97.4 Å². The third kappa shape index (κ3) is 6.33. The number of piperidine rings is 1. The lowest BCUT2D eigenvalue weighted by Gasteiger charge is -2.21. The van der Waals surface area contributed by atoms with E-state index in [0.717, 1.165) is 5.56 Å². The monoisotopic (exact) mass is 539 g/mol. The van der Waals surface area contributed by atoms with E-state index in [9.17, 15) is 14.4 Å². The Morgan fingerprint density at radius 3 is 2.46 bits per heavy atom. The number of carbonyl (C=O) groups is 3. The molecule has 2 aliphatic heterocycles. The van der Waals surface area contributed by atoms with Crippen molar-refractivity contribution in [2.75, 3.05) is 37.7 Å². The summed E-state index contributed by atoms with van der Waals surface area (Å²) in [6.45, 7) is 7.15. The lowest BCUT2D eigenvalue weighted by molar-refractivity contribution is -0.136. The van der Waals surface area contributed by atoms with Gasteiger partial charge in [0, 0.05) is 18.6 Å². The number of carbonyl (C=O) groups excluding carboxylic acids is 3. The largest absolute Gasteiger partial charge is 0.446 e. The summed E-state index contributed by atoms with van der Waals surface area (Å²) in [7, 11) is 0. The molecule has 2 saturated heterocycles. The summed E-state index contributed by atoms with van der Waals surface area (Å²) in [6.07, 6.45) is -1.85. The van der Waals surface area contributed by atoms with Crippen LogP contribution in [-0.4, -0.2) is 67.5 Å². The highest BCUT2D eigenvalue weighted by molar-refractivity contribution is 5.89. The second-order valence-corrected chi connectivity index (χ2v) is 11.4. The highest BCUT2D eigenvalue weighted by atomic mass is 19.1. The molecule has 1 aliphatic carbocycles. The number of alkyl carbamates (subject to hydrolysis) is 1. The molecule has 2 aromatic rings.